The van der Waals surface area contributed by atoms with Crippen LogP contribution in [0.5, 0.6) is 11.6 Å². The number of hydrogen-bond donors (Lipinski definition) is 1. The van der Waals surface area contributed by atoms with Gasteiger partial charge in [0.05, 0.1) is 11.4 Å². The normalized spacial score (nSPS) is 10.4. The number of nitrogens with two attached hydrogens (primary N) is 1. The van der Waals surface area contributed by atoms with Crippen LogP contribution in [0.25, 0.3) is 0 Å². The molecule has 0 radical (unpaired) electrons. The molecule has 94 valence electrons. The fourth-order valence-electron chi connectivity index (χ4n) is 1.60. The molecule has 2 N–H and O–H groups in total. The van der Waals surface area contributed by atoms with Crippen molar-refractivity contribution in [3.63, 3.8) is 0 Å². The zero-order valence-electron chi connectivity index (χ0n) is 10.9. The summed E-state index contributed by atoms with van der Waals surface area (Å²) >= 11 is 0. The predicted molar refractivity (Wildman–Crippen MR) is 70.7 cm³/mol. The number of aryl methyl sites for hydroxylation is 3. The lowest BCUT2D eigenvalue weighted by atomic mass is 10.1. The van der Waals surface area contributed by atoms with Crippen LogP contribution in [0.2, 0.25) is 0 Å². The Labute approximate surface area is 107 Å². The van der Waals surface area contributed by atoms with Crippen LogP contribution in [0, 0.1) is 20.8 Å². The van der Waals surface area contributed by atoms with E-state index < -0.39 is 0 Å². The first kappa shape index (κ1) is 12.5. The molecule has 1 aromatic heterocycles. The minimum absolute atomic E-state index is 0.495. The third kappa shape index (κ3) is 2.65. The number of hydrogen-bond acceptors (Lipinski definition) is 4. The fraction of sp³-hybridized carbons (Fsp3) is 0.286. The lowest BCUT2D eigenvalue weighted by Gasteiger charge is -2.11. The fourth-order valence-corrected chi connectivity index (χ4v) is 1.60. The van der Waals surface area contributed by atoms with E-state index in [9.17, 15) is 0 Å². The van der Waals surface area contributed by atoms with Crippen LogP contribution < -0.4 is 10.5 Å². The van der Waals surface area contributed by atoms with Gasteiger partial charge >= 0.3 is 0 Å². The SMILES string of the molecule is Cc1cnc(C)c(Oc2cc(CN)ccc2C)n1. The molecule has 18 heavy (non-hydrogen) atoms. The van der Waals surface area contributed by atoms with Gasteiger partial charge in [0.2, 0.25) is 5.88 Å². The second kappa shape index (κ2) is 5.14. The number of rotatable bonds is 3. The Morgan fingerprint density at radius 2 is 2.00 bits per heavy atom. The van der Waals surface area contributed by atoms with E-state index in [1.54, 1.807) is 6.20 Å². The van der Waals surface area contributed by atoms with E-state index in [0.29, 0.717) is 12.4 Å². The highest BCUT2D eigenvalue weighted by atomic mass is 16.5. The monoisotopic (exact) mass is 243 g/mol. The van der Waals surface area contributed by atoms with E-state index in [-0.39, 0.29) is 0 Å². The summed E-state index contributed by atoms with van der Waals surface area (Å²) in [5, 5.41) is 0. The summed E-state index contributed by atoms with van der Waals surface area (Å²) in [5.74, 6) is 1.33. The van der Waals surface area contributed by atoms with Gasteiger partial charge in [0, 0.05) is 12.7 Å². The molecule has 1 heterocycles. The summed E-state index contributed by atoms with van der Waals surface area (Å²) in [4.78, 5) is 8.58. The lowest BCUT2D eigenvalue weighted by Crippen LogP contribution is -2.00. The summed E-state index contributed by atoms with van der Waals surface area (Å²) in [5.41, 5.74) is 9.33. The highest BCUT2D eigenvalue weighted by Gasteiger charge is 2.07. The van der Waals surface area contributed by atoms with E-state index >= 15 is 0 Å². The molecule has 0 fully saturated rings. The molecule has 2 aromatic rings. The summed E-state index contributed by atoms with van der Waals surface area (Å²) in [7, 11) is 0. The van der Waals surface area contributed by atoms with Crippen LogP contribution in [-0.4, -0.2) is 9.97 Å². The van der Waals surface area contributed by atoms with Crippen molar-refractivity contribution in [1.82, 2.24) is 9.97 Å². The lowest BCUT2D eigenvalue weighted by molar-refractivity contribution is 0.450. The smallest absolute Gasteiger partial charge is 0.241 e. The van der Waals surface area contributed by atoms with Crippen molar-refractivity contribution in [2.45, 2.75) is 27.3 Å². The van der Waals surface area contributed by atoms with Crippen LogP contribution in [0.4, 0.5) is 0 Å². The molecule has 0 spiro atoms. The summed E-state index contributed by atoms with van der Waals surface area (Å²) < 4.78 is 5.83. The Balaban J connectivity index is 2.36. The van der Waals surface area contributed by atoms with Crippen molar-refractivity contribution >= 4 is 0 Å². The average molecular weight is 243 g/mol. The maximum absolute atomic E-state index is 5.83. The zero-order valence-corrected chi connectivity index (χ0v) is 10.9. The van der Waals surface area contributed by atoms with Crippen molar-refractivity contribution in [2.24, 2.45) is 5.73 Å². The minimum Gasteiger partial charge on any atom is -0.437 e. The van der Waals surface area contributed by atoms with Crippen LogP contribution in [-0.2, 0) is 6.54 Å². The zero-order chi connectivity index (χ0) is 13.1. The van der Waals surface area contributed by atoms with Crippen LogP contribution in [0.3, 0.4) is 0 Å². The Morgan fingerprint density at radius 3 is 2.72 bits per heavy atom. The third-order valence-corrected chi connectivity index (χ3v) is 2.73. The van der Waals surface area contributed by atoms with E-state index in [0.717, 1.165) is 28.3 Å². The molecule has 0 saturated carbocycles. The Kier molecular flexibility index (Phi) is 3.58. The van der Waals surface area contributed by atoms with Crippen molar-refractivity contribution in [3.05, 3.63) is 46.9 Å². The van der Waals surface area contributed by atoms with E-state index in [4.69, 9.17) is 10.5 Å². The molecule has 0 unspecified atom stereocenters. The number of aromatic nitrogens is 2. The second-order valence-corrected chi connectivity index (χ2v) is 4.31. The second-order valence-electron chi connectivity index (χ2n) is 4.31. The summed E-state index contributed by atoms with van der Waals surface area (Å²) in [6, 6.07) is 5.94. The quantitative estimate of drug-likeness (QED) is 0.900. The first-order valence-corrected chi connectivity index (χ1v) is 5.88. The Morgan fingerprint density at radius 1 is 1.22 bits per heavy atom. The van der Waals surface area contributed by atoms with Gasteiger partial charge in [0.15, 0.2) is 0 Å². The molecule has 0 atom stereocenters. The van der Waals surface area contributed by atoms with Gasteiger partial charge in [-0.05, 0) is 38.0 Å². The standard InChI is InChI=1S/C14H17N3O/c1-9-4-5-12(7-15)6-13(9)18-14-11(3)16-8-10(2)17-14/h4-6,8H,7,15H2,1-3H3. The minimum atomic E-state index is 0.495. The van der Waals surface area contributed by atoms with Crippen LogP contribution >= 0.6 is 0 Å². The van der Waals surface area contributed by atoms with Gasteiger partial charge in [-0.3, -0.25) is 4.98 Å². The van der Waals surface area contributed by atoms with E-state index in [2.05, 4.69) is 9.97 Å². The van der Waals surface area contributed by atoms with Crippen molar-refractivity contribution in [1.29, 1.82) is 0 Å². The molecule has 2 rings (SSSR count). The summed E-state index contributed by atoms with van der Waals surface area (Å²) in [6.45, 7) is 6.26. The maximum atomic E-state index is 5.83. The maximum Gasteiger partial charge on any atom is 0.241 e. The highest BCUT2D eigenvalue weighted by molar-refractivity contribution is 5.39. The van der Waals surface area contributed by atoms with Crippen molar-refractivity contribution in [2.75, 3.05) is 0 Å². The van der Waals surface area contributed by atoms with Gasteiger partial charge in [-0.15, -0.1) is 0 Å². The predicted octanol–water partition coefficient (Wildman–Crippen LogP) is 2.65. The molecule has 4 nitrogen and oxygen atoms in total. The van der Waals surface area contributed by atoms with Crippen molar-refractivity contribution < 1.29 is 4.74 Å². The van der Waals surface area contributed by atoms with Crippen LogP contribution in [0.1, 0.15) is 22.5 Å². The molecule has 0 saturated heterocycles. The van der Waals surface area contributed by atoms with Crippen LogP contribution in [0.15, 0.2) is 24.4 Å². The molecule has 1 aromatic carbocycles. The molecule has 4 heteroatoms. The average Bonchev–Trinajstić information content (AvgIpc) is 2.36. The molecular weight excluding hydrogens is 226 g/mol. The van der Waals surface area contributed by atoms with E-state index in [1.807, 2.05) is 39.0 Å². The Bertz CT molecular complexity index is 567. The first-order valence-electron chi connectivity index (χ1n) is 5.88. The van der Waals surface area contributed by atoms with Gasteiger partial charge in [-0.1, -0.05) is 12.1 Å². The van der Waals surface area contributed by atoms with Gasteiger partial charge in [0.1, 0.15) is 5.75 Å². The van der Waals surface area contributed by atoms with Gasteiger partial charge < -0.3 is 10.5 Å². The topological polar surface area (TPSA) is 61.0 Å². The Hall–Kier alpha value is -1.94. The molecule has 0 aliphatic rings. The largest absolute Gasteiger partial charge is 0.437 e. The van der Waals surface area contributed by atoms with E-state index in [1.165, 1.54) is 0 Å². The number of nitrogens with zero attached hydrogens (tertiary/aromatic N) is 2. The van der Waals surface area contributed by atoms with Gasteiger partial charge in [0.25, 0.3) is 0 Å². The van der Waals surface area contributed by atoms with Gasteiger partial charge in [-0.2, -0.15) is 0 Å². The summed E-state index contributed by atoms with van der Waals surface area (Å²) in [6.07, 6.45) is 1.73. The molecule has 0 amide bonds. The molecule has 0 bridgehead atoms. The molecular formula is C14H17N3O. The number of benzene rings is 1. The highest BCUT2D eigenvalue weighted by Crippen LogP contribution is 2.26. The van der Waals surface area contributed by atoms with Crippen molar-refractivity contribution in [3.8, 4) is 11.6 Å². The number of ether oxygens (including phenoxy) is 1. The third-order valence-electron chi connectivity index (χ3n) is 2.73. The van der Waals surface area contributed by atoms with Gasteiger partial charge in [-0.25, -0.2) is 4.98 Å². The molecule has 0 aliphatic heterocycles. The first-order chi connectivity index (χ1) is 8.60. The molecule has 0 aliphatic carbocycles.